The maximum Gasteiger partial charge on any atom is 0.325 e. The summed E-state index contributed by atoms with van der Waals surface area (Å²) in [7, 11) is 0. The van der Waals surface area contributed by atoms with Crippen LogP contribution in [0.1, 0.15) is 22.7 Å². The molecule has 1 fully saturated rings. The molecule has 8 nitrogen and oxygen atoms in total. The third-order valence-electron chi connectivity index (χ3n) is 6.35. The van der Waals surface area contributed by atoms with E-state index in [-0.39, 0.29) is 0 Å². The number of rotatable bonds is 7. The number of benzene rings is 2. The number of pyridine rings is 1. The van der Waals surface area contributed by atoms with Crippen molar-refractivity contribution in [2.24, 2.45) is 0 Å². The Labute approximate surface area is 203 Å². The normalized spacial score (nSPS) is 15.0. The highest BCUT2D eigenvalue weighted by Gasteiger charge is 2.32. The summed E-state index contributed by atoms with van der Waals surface area (Å²) in [6, 6.07) is 20.5. The van der Waals surface area contributed by atoms with Crippen LogP contribution in [0.5, 0.6) is 5.75 Å². The molecule has 3 heterocycles. The van der Waals surface area contributed by atoms with E-state index in [1.54, 1.807) is 24.5 Å². The molecule has 0 bridgehead atoms. The standard InChI is InChI=1S/C27H25N5O3/c28-16-20-7-4-10-29-26(20)32-13-11-31(12-14-32)25(27(33)34)23-17-30-24-15-21(8-9-22(23)24)35-18-19-5-2-1-3-6-19/h1-10,15,17,25,30H,11-14,18H2,(H,33,34)/t25-/m1/s1. The number of aromatic nitrogens is 2. The molecule has 0 radical (unpaired) electrons. The van der Waals surface area contributed by atoms with E-state index in [1.165, 1.54) is 0 Å². The highest BCUT2D eigenvalue weighted by atomic mass is 16.5. The molecule has 0 spiro atoms. The summed E-state index contributed by atoms with van der Waals surface area (Å²) in [5, 5.41) is 20.4. The van der Waals surface area contributed by atoms with Crippen LogP contribution in [0.25, 0.3) is 10.9 Å². The van der Waals surface area contributed by atoms with Crippen LogP contribution in [0.4, 0.5) is 5.82 Å². The Morgan fingerprint density at radius 2 is 1.91 bits per heavy atom. The number of nitrogens with one attached hydrogen (secondary N) is 1. The number of nitriles is 1. The number of carboxylic acid groups (broad SMARTS) is 1. The molecule has 8 heteroatoms. The molecule has 2 N–H and O–H groups in total. The van der Waals surface area contributed by atoms with E-state index >= 15 is 0 Å². The van der Waals surface area contributed by atoms with Crippen molar-refractivity contribution >= 4 is 22.7 Å². The fraction of sp³-hybridized carbons (Fsp3) is 0.222. The number of aliphatic carboxylic acids is 1. The number of aromatic amines is 1. The first kappa shape index (κ1) is 22.4. The summed E-state index contributed by atoms with van der Waals surface area (Å²) in [6.45, 7) is 2.74. The second-order valence-corrected chi connectivity index (χ2v) is 8.48. The first-order valence-corrected chi connectivity index (χ1v) is 11.5. The fourth-order valence-corrected chi connectivity index (χ4v) is 4.60. The lowest BCUT2D eigenvalue weighted by molar-refractivity contribution is -0.143. The number of nitrogens with zero attached hydrogens (tertiary/aromatic N) is 4. The molecular weight excluding hydrogens is 442 g/mol. The number of carboxylic acids is 1. The average Bonchev–Trinajstić information content (AvgIpc) is 3.31. The van der Waals surface area contributed by atoms with Crippen LogP contribution < -0.4 is 9.64 Å². The smallest absolute Gasteiger partial charge is 0.325 e. The Morgan fingerprint density at radius 3 is 2.66 bits per heavy atom. The van der Waals surface area contributed by atoms with Gasteiger partial charge in [-0.05, 0) is 29.8 Å². The number of fused-ring (bicyclic) bond motifs is 1. The highest BCUT2D eigenvalue weighted by Crippen LogP contribution is 2.32. The van der Waals surface area contributed by atoms with E-state index in [4.69, 9.17) is 4.74 Å². The Balaban J connectivity index is 1.32. The number of hydrogen-bond donors (Lipinski definition) is 2. The molecule has 4 aromatic rings. The second kappa shape index (κ2) is 9.87. The molecule has 1 aliphatic rings. The Bertz CT molecular complexity index is 1370. The van der Waals surface area contributed by atoms with Crippen molar-refractivity contribution in [3.05, 3.63) is 89.7 Å². The van der Waals surface area contributed by atoms with E-state index in [9.17, 15) is 15.2 Å². The minimum atomic E-state index is -0.890. The van der Waals surface area contributed by atoms with Gasteiger partial charge in [0, 0.05) is 61.1 Å². The molecule has 1 saturated heterocycles. The third-order valence-corrected chi connectivity index (χ3v) is 6.35. The van der Waals surface area contributed by atoms with Crippen molar-refractivity contribution in [1.29, 1.82) is 5.26 Å². The molecule has 35 heavy (non-hydrogen) atoms. The summed E-state index contributed by atoms with van der Waals surface area (Å²) < 4.78 is 5.93. The van der Waals surface area contributed by atoms with Gasteiger partial charge in [0.1, 0.15) is 30.3 Å². The Hall–Kier alpha value is -4.35. The van der Waals surface area contributed by atoms with Crippen molar-refractivity contribution in [1.82, 2.24) is 14.9 Å². The van der Waals surface area contributed by atoms with Gasteiger partial charge in [-0.2, -0.15) is 5.26 Å². The lowest BCUT2D eigenvalue weighted by atomic mass is 10.0. The maximum absolute atomic E-state index is 12.4. The number of H-pyrrole nitrogens is 1. The molecule has 1 aliphatic heterocycles. The third kappa shape index (κ3) is 4.67. The topological polar surface area (TPSA) is 105 Å². The minimum absolute atomic E-state index is 0.464. The molecule has 1 atom stereocenters. The predicted octanol–water partition coefficient (Wildman–Crippen LogP) is 3.96. The van der Waals surface area contributed by atoms with Gasteiger partial charge in [-0.1, -0.05) is 30.3 Å². The minimum Gasteiger partial charge on any atom is -0.489 e. The van der Waals surface area contributed by atoms with Crippen LogP contribution in [-0.2, 0) is 11.4 Å². The summed E-state index contributed by atoms with van der Waals surface area (Å²) in [6.07, 6.45) is 3.45. The number of piperazine rings is 1. The van der Waals surface area contributed by atoms with E-state index in [0.29, 0.717) is 44.2 Å². The van der Waals surface area contributed by atoms with Crippen LogP contribution >= 0.6 is 0 Å². The van der Waals surface area contributed by atoms with Crippen molar-refractivity contribution in [2.45, 2.75) is 12.6 Å². The molecule has 0 aliphatic carbocycles. The van der Waals surface area contributed by atoms with E-state index in [0.717, 1.165) is 27.8 Å². The molecular formula is C27H25N5O3. The van der Waals surface area contributed by atoms with Crippen molar-refractivity contribution < 1.29 is 14.6 Å². The number of carbonyl (C=O) groups is 1. The molecule has 0 amide bonds. The summed E-state index contributed by atoms with van der Waals surface area (Å²) >= 11 is 0. The van der Waals surface area contributed by atoms with Gasteiger partial charge < -0.3 is 19.7 Å². The van der Waals surface area contributed by atoms with Gasteiger partial charge in [0.2, 0.25) is 0 Å². The average molecular weight is 468 g/mol. The van der Waals surface area contributed by atoms with Gasteiger partial charge in [0.05, 0.1) is 5.56 Å². The SMILES string of the molecule is N#Cc1cccnc1N1CCN([C@@H](C(=O)O)c2c[nH]c3cc(OCc4ccccc4)ccc23)CC1. The van der Waals surface area contributed by atoms with Gasteiger partial charge >= 0.3 is 5.97 Å². The summed E-state index contributed by atoms with van der Waals surface area (Å²) in [4.78, 5) is 24.0. The first-order chi connectivity index (χ1) is 17.1. The van der Waals surface area contributed by atoms with E-state index < -0.39 is 12.0 Å². The number of anilines is 1. The monoisotopic (exact) mass is 467 g/mol. The zero-order valence-electron chi connectivity index (χ0n) is 19.1. The molecule has 176 valence electrons. The molecule has 5 rings (SSSR count). The van der Waals surface area contributed by atoms with E-state index in [1.807, 2.05) is 58.3 Å². The van der Waals surface area contributed by atoms with Gasteiger partial charge in [-0.3, -0.25) is 9.69 Å². The van der Waals surface area contributed by atoms with Gasteiger partial charge in [0.25, 0.3) is 0 Å². The fourth-order valence-electron chi connectivity index (χ4n) is 4.60. The maximum atomic E-state index is 12.4. The highest BCUT2D eigenvalue weighted by molar-refractivity contribution is 5.90. The molecule has 2 aromatic heterocycles. The van der Waals surface area contributed by atoms with Crippen LogP contribution in [0.2, 0.25) is 0 Å². The number of ether oxygens (including phenoxy) is 1. The quantitative estimate of drug-likeness (QED) is 0.424. The van der Waals surface area contributed by atoms with Crippen LogP contribution in [0.15, 0.2) is 73.1 Å². The van der Waals surface area contributed by atoms with Gasteiger partial charge in [-0.15, -0.1) is 0 Å². The molecule has 0 unspecified atom stereocenters. The van der Waals surface area contributed by atoms with Crippen molar-refractivity contribution in [2.75, 3.05) is 31.1 Å². The number of hydrogen-bond acceptors (Lipinski definition) is 6. The Morgan fingerprint density at radius 1 is 1.11 bits per heavy atom. The van der Waals surface area contributed by atoms with Crippen LogP contribution in [0.3, 0.4) is 0 Å². The molecule has 0 saturated carbocycles. The lowest BCUT2D eigenvalue weighted by Crippen LogP contribution is -2.49. The van der Waals surface area contributed by atoms with Crippen molar-refractivity contribution in [3.8, 4) is 11.8 Å². The zero-order chi connectivity index (χ0) is 24.2. The van der Waals surface area contributed by atoms with E-state index in [2.05, 4.69) is 16.0 Å². The van der Waals surface area contributed by atoms with Gasteiger partial charge in [-0.25, -0.2) is 4.98 Å². The van der Waals surface area contributed by atoms with Crippen molar-refractivity contribution in [3.63, 3.8) is 0 Å². The predicted molar refractivity (Wildman–Crippen MR) is 132 cm³/mol. The van der Waals surface area contributed by atoms with Crippen LogP contribution in [0, 0.1) is 11.3 Å². The van der Waals surface area contributed by atoms with Gasteiger partial charge in [0.15, 0.2) is 0 Å². The summed E-state index contributed by atoms with van der Waals surface area (Å²) in [5.74, 6) is 0.481. The second-order valence-electron chi connectivity index (χ2n) is 8.48. The zero-order valence-corrected chi connectivity index (χ0v) is 19.1. The summed E-state index contributed by atoms with van der Waals surface area (Å²) in [5.41, 5.74) is 3.17. The molecule has 2 aromatic carbocycles. The Kier molecular flexibility index (Phi) is 6.33. The lowest BCUT2D eigenvalue weighted by Gasteiger charge is -2.38. The first-order valence-electron chi connectivity index (χ1n) is 11.5. The largest absolute Gasteiger partial charge is 0.489 e. The van der Waals surface area contributed by atoms with Crippen LogP contribution in [-0.4, -0.2) is 52.1 Å².